The Kier molecular flexibility index (Phi) is 5.25. The van der Waals surface area contributed by atoms with E-state index in [1.165, 1.54) is 11.3 Å². The van der Waals surface area contributed by atoms with Gasteiger partial charge in [0.05, 0.1) is 11.6 Å². The van der Waals surface area contributed by atoms with Gasteiger partial charge in [-0.3, -0.25) is 9.59 Å². The lowest BCUT2D eigenvalue weighted by molar-refractivity contribution is -0.140. The number of Topliss-reactive ketones (excluding diaryl/α,β-unsaturated/α-hetero) is 1. The molecule has 0 saturated carbocycles. The number of amides is 1. The van der Waals surface area contributed by atoms with E-state index in [0.29, 0.717) is 18.7 Å². The van der Waals surface area contributed by atoms with Crippen LogP contribution in [0.5, 0.6) is 0 Å². The van der Waals surface area contributed by atoms with Crippen LogP contribution in [0.4, 0.5) is 0 Å². The molecule has 1 N–H and O–H groups in total. The number of likely N-dealkylation sites (N-methyl/N-ethyl adjacent to an activating group) is 1. The van der Waals surface area contributed by atoms with Gasteiger partial charge in [-0.1, -0.05) is 30.3 Å². The zero-order chi connectivity index (χ0) is 18.8. The van der Waals surface area contributed by atoms with Crippen LogP contribution in [0.25, 0.3) is 5.76 Å². The molecule has 1 amide bonds. The van der Waals surface area contributed by atoms with Crippen molar-refractivity contribution in [3.8, 4) is 0 Å². The first kappa shape index (κ1) is 18.4. The third kappa shape index (κ3) is 3.30. The number of hydrogen-bond donors (Lipinski definition) is 1. The number of rotatable bonds is 5. The summed E-state index contributed by atoms with van der Waals surface area (Å²) in [6.45, 7) is 3.02. The van der Waals surface area contributed by atoms with Crippen LogP contribution in [0.1, 0.15) is 22.0 Å². The standard InChI is InChI=1S/C20H22N2O3S/c1-13-9-12-26-19(13)16-15(17(23)14-7-5-4-6-8-14)18(24)20(25)22(16)11-10-21(2)3/h4-9,12,16,23H,10-11H2,1-3H3/b17-15-. The number of ketones is 1. The van der Waals surface area contributed by atoms with Gasteiger partial charge in [-0.05, 0) is 38.0 Å². The number of aliphatic hydroxyl groups is 1. The van der Waals surface area contributed by atoms with Gasteiger partial charge in [0, 0.05) is 23.5 Å². The fourth-order valence-corrected chi connectivity index (χ4v) is 4.15. The van der Waals surface area contributed by atoms with E-state index in [-0.39, 0.29) is 11.3 Å². The van der Waals surface area contributed by atoms with Gasteiger partial charge in [-0.25, -0.2) is 0 Å². The zero-order valence-corrected chi connectivity index (χ0v) is 15.9. The second-order valence-corrected chi connectivity index (χ2v) is 7.58. The molecule has 0 radical (unpaired) electrons. The van der Waals surface area contributed by atoms with Gasteiger partial charge in [-0.15, -0.1) is 11.3 Å². The third-order valence-electron chi connectivity index (χ3n) is 4.53. The summed E-state index contributed by atoms with van der Waals surface area (Å²) in [5.41, 5.74) is 1.72. The largest absolute Gasteiger partial charge is 0.507 e. The molecule has 1 aromatic carbocycles. The highest BCUT2D eigenvalue weighted by atomic mass is 32.1. The van der Waals surface area contributed by atoms with Crippen molar-refractivity contribution in [2.75, 3.05) is 27.2 Å². The second kappa shape index (κ2) is 7.43. The number of aryl methyl sites for hydroxylation is 1. The van der Waals surface area contributed by atoms with Crippen LogP contribution in [0.2, 0.25) is 0 Å². The van der Waals surface area contributed by atoms with E-state index < -0.39 is 17.7 Å². The summed E-state index contributed by atoms with van der Waals surface area (Å²) in [6, 6.07) is 10.3. The van der Waals surface area contributed by atoms with E-state index >= 15 is 0 Å². The van der Waals surface area contributed by atoms with Crippen molar-refractivity contribution >= 4 is 28.8 Å². The van der Waals surface area contributed by atoms with Crippen molar-refractivity contribution in [3.05, 3.63) is 63.4 Å². The summed E-state index contributed by atoms with van der Waals surface area (Å²) in [4.78, 5) is 29.9. The number of aliphatic hydroxyl groups excluding tert-OH is 1. The van der Waals surface area contributed by atoms with Crippen LogP contribution >= 0.6 is 11.3 Å². The molecule has 5 nitrogen and oxygen atoms in total. The fourth-order valence-electron chi connectivity index (χ4n) is 3.11. The highest BCUT2D eigenvalue weighted by Gasteiger charge is 2.46. The van der Waals surface area contributed by atoms with E-state index in [4.69, 9.17) is 0 Å². The first-order chi connectivity index (χ1) is 12.4. The van der Waals surface area contributed by atoms with Crippen molar-refractivity contribution < 1.29 is 14.7 Å². The van der Waals surface area contributed by atoms with Gasteiger partial charge in [-0.2, -0.15) is 0 Å². The lowest BCUT2D eigenvalue weighted by Gasteiger charge is -2.26. The van der Waals surface area contributed by atoms with E-state index in [1.54, 1.807) is 29.2 Å². The Balaban J connectivity index is 2.13. The predicted molar refractivity (Wildman–Crippen MR) is 103 cm³/mol. The van der Waals surface area contributed by atoms with Gasteiger partial charge in [0.1, 0.15) is 5.76 Å². The van der Waals surface area contributed by atoms with Gasteiger partial charge in [0.15, 0.2) is 0 Å². The molecule has 0 spiro atoms. The monoisotopic (exact) mass is 370 g/mol. The first-order valence-electron chi connectivity index (χ1n) is 8.44. The lowest BCUT2D eigenvalue weighted by atomic mass is 9.98. The average molecular weight is 370 g/mol. The Hall–Kier alpha value is -2.44. The molecule has 0 bridgehead atoms. The molecule has 6 heteroatoms. The zero-order valence-electron chi connectivity index (χ0n) is 15.1. The SMILES string of the molecule is Cc1ccsc1C1/C(=C(/O)c2ccccc2)C(=O)C(=O)N1CCN(C)C. The molecule has 1 aromatic heterocycles. The van der Waals surface area contributed by atoms with Gasteiger partial charge < -0.3 is 14.9 Å². The summed E-state index contributed by atoms with van der Waals surface area (Å²) < 4.78 is 0. The molecule has 1 unspecified atom stereocenters. The normalized spacial score (nSPS) is 19.5. The Labute approximate surface area is 157 Å². The minimum absolute atomic E-state index is 0.117. The fraction of sp³-hybridized carbons (Fsp3) is 0.300. The Morgan fingerprint density at radius 1 is 1.19 bits per heavy atom. The predicted octanol–water partition coefficient (Wildman–Crippen LogP) is 3.04. The van der Waals surface area contributed by atoms with E-state index in [9.17, 15) is 14.7 Å². The van der Waals surface area contributed by atoms with Crippen molar-refractivity contribution in [2.24, 2.45) is 0 Å². The number of hydrogen-bond acceptors (Lipinski definition) is 5. The highest BCUT2D eigenvalue weighted by Crippen LogP contribution is 2.42. The highest BCUT2D eigenvalue weighted by molar-refractivity contribution is 7.10. The summed E-state index contributed by atoms with van der Waals surface area (Å²) in [6.07, 6.45) is 0. The number of likely N-dealkylation sites (tertiary alicyclic amines) is 1. The maximum Gasteiger partial charge on any atom is 0.295 e. The smallest absolute Gasteiger partial charge is 0.295 e. The summed E-state index contributed by atoms with van der Waals surface area (Å²) in [5, 5.41) is 12.8. The van der Waals surface area contributed by atoms with Crippen LogP contribution in [0.3, 0.4) is 0 Å². The molecular weight excluding hydrogens is 348 g/mol. The van der Waals surface area contributed by atoms with Crippen LogP contribution in [-0.2, 0) is 9.59 Å². The molecule has 136 valence electrons. The minimum atomic E-state index is -0.622. The first-order valence-corrected chi connectivity index (χ1v) is 9.32. The number of carbonyl (C=O) groups excluding carboxylic acids is 2. The van der Waals surface area contributed by atoms with E-state index in [2.05, 4.69) is 0 Å². The molecular formula is C20H22N2O3S. The van der Waals surface area contributed by atoms with Crippen LogP contribution < -0.4 is 0 Å². The molecule has 2 aromatic rings. The average Bonchev–Trinajstić information content (AvgIpc) is 3.15. The Morgan fingerprint density at radius 2 is 1.88 bits per heavy atom. The summed E-state index contributed by atoms with van der Waals surface area (Å²) in [5.74, 6) is -1.29. The summed E-state index contributed by atoms with van der Waals surface area (Å²) in [7, 11) is 3.85. The topological polar surface area (TPSA) is 60.9 Å². The molecule has 1 saturated heterocycles. The maximum absolute atomic E-state index is 12.8. The number of nitrogens with zero attached hydrogens (tertiary/aromatic N) is 2. The molecule has 2 heterocycles. The Bertz CT molecular complexity index is 855. The molecule has 26 heavy (non-hydrogen) atoms. The third-order valence-corrected chi connectivity index (χ3v) is 5.60. The van der Waals surface area contributed by atoms with E-state index in [0.717, 1.165) is 10.4 Å². The lowest BCUT2D eigenvalue weighted by Crippen LogP contribution is -2.35. The molecule has 1 aliphatic heterocycles. The molecule has 1 atom stereocenters. The molecule has 3 rings (SSSR count). The van der Waals surface area contributed by atoms with Crippen molar-refractivity contribution in [1.82, 2.24) is 9.80 Å². The van der Waals surface area contributed by atoms with Crippen molar-refractivity contribution in [1.29, 1.82) is 0 Å². The van der Waals surface area contributed by atoms with Crippen molar-refractivity contribution in [3.63, 3.8) is 0 Å². The van der Waals surface area contributed by atoms with Crippen LogP contribution in [0, 0.1) is 6.92 Å². The van der Waals surface area contributed by atoms with Gasteiger partial charge in [0.2, 0.25) is 0 Å². The van der Waals surface area contributed by atoms with Crippen LogP contribution in [-0.4, -0.2) is 53.8 Å². The Morgan fingerprint density at radius 3 is 2.46 bits per heavy atom. The number of carbonyl (C=O) groups is 2. The molecule has 0 aliphatic carbocycles. The minimum Gasteiger partial charge on any atom is -0.507 e. The summed E-state index contributed by atoms with van der Waals surface area (Å²) >= 11 is 1.50. The molecule has 1 aliphatic rings. The van der Waals surface area contributed by atoms with Gasteiger partial charge >= 0.3 is 0 Å². The second-order valence-electron chi connectivity index (χ2n) is 6.63. The van der Waals surface area contributed by atoms with Crippen LogP contribution in [0.15, 0.2) is 47.4 Å². The quantitative estimate of drug-likeness (QED) is 0.499. The van der Waals surface area contributed by atoms with E-state index in [1.807, 2.05) is 43.4 Å². The van der Waals surface area contributed by atoms with Crippen molar-refractivity contribution in [2.45, 2.75) is 13.0 Å². The number of thiophene rings is 1. The maximum atomic E-state index is 12.8. The number of benzene rings is 1. The van der Waals surface area contributed by atoms with Gasteiger partial charge in [0.25, 0.3) is 11.7 Å². The molecule has 1 fully saturated rings.